The van der Waals surface area contributed by atoms with Gasteiger partial charge in [0.25, 0.3) is 0 Å². The highest BCUT2D eigenvalue weighted by molar-refractivity contribution is 6.30. The van der Waals surface area contributed by atoms with Gasteiger partial charge >= 0.3 is 5.97 Å². The van der Waals surface area contributed by atoms with Gasteiger partial charge in [0.2, 0.25) is 0 Å². The number of esters is 1. The van der Waals surface area contributed by atoms with E-state index in [1.165, 1.54) is 0 Å². The third-order valence-corrected chi connectivity index (χ3v) is 3.20. The molecule has 2 N–H and O–H groups in total. The minimum absolute atomic E-state index is 0.183. The minimum Gasteiger partial charge on any atom is -0.466 e. The molecule has 2 rings (SSSR count). The number of hydrogen-bond donors (Lipinski definition) is 1. The summed E-state index contributed by atoms with van der Waals surface area (Å²) in [7, 11) is 0. The molecular weight excluding hydrogens is 278 g/mol. The Morgan fingerprint density at radius 3 is 2.60 bits per heavy atom. The summed E-state index contributed by atoms with van der Waals surface area (Å²) < 4.78 is 10.1. The summed E-state index contributed by atoms with van der Waals surface area (Å²) in [6, 6.07) is 5.40. The van der Waals surface area contributed by atoms with Gasteiger partial charge in [-0.3, -0.25) is 4.79 Å². The first-order chi connectivity index (χ1) is 9.55. The van der Waals surface area contributed by atoms with Crippen molar-refractivity contribution in [2.75, 3.05) is 19.8 Å². The molecule has 0 spiro atoms. The molecule has 0 amide bonds. The van der Waals surface area contributed by atoms with Crippen LogP contribution in [0.5, 0.6) is 0 Å². The molecule has 1 aliphatic rings. The second-order valence-corrected chi connectivity index (χ2v) is 4.87. The first kappa shape index (κ1) is 17.0. The van der Waals surface area contributed by atoms with Gasteiger partial charge < -0.3 is 15.2 Å². The van der Waals surface area contributed by atoms with E-state index < -0.39 is 5.54 Å². The summed E-state index contributed by atoms with van der Waals surface area (Å²) in [5.41, 5.74) is 7.42. The van der Waals surface area contributed by atoms with Crippen molar-refractivity contribution < 1.29 is 14.3 Å². The number of carbonyl (C=O) groups excluding carboxylic acids is 1. The molecule has 1 aromatic carbocycles. The zero-order valence-corrected chi connectivity index (χ0v) is 13.0. The van der Waals surface area contributed by atoms with E-state index >= 15 is 0 Å². The Hall–Kier alpha value is -1.10. The highest BCUT2D eigenvalue weighted by Crippen LogP contribution is 2.31. The molecule has 112 valence electrons. The summed E-state index contributed by atoms with van der Waals surface area (Å²) in [6.07, 6.45) is 0.183. The van der Waals surface area contributed by atoms with Crippen LogP contribution < -0.4 is 5.73 Å². The lowest BCUT2D eigenvalue weighted by atomic mass is 9.85. The maximum Gasteiger partial charge on any atom is 0.310 e. The predicted octanol–water partition coefficient (Wildman–Crippen LogP) is 2.66. The Morgan fingerprint density at radius 1 is 1.45 bits per heavy atom. The number of ether oxygens (including phenoxy) is 2. The first-order valence-electron chi connectivity index (χ1n) is 6.86. The molecule has 0 atom stereocenters. The number of rotatable bonds is 4. The second kappa shape index (κ2) is 7.62. The molecular formula is C15H22ClNO3. The van der Waals surface area contributed by atoms with Gasteiger partial charge in [-0.25, -0.2) is 0 Å². The molecule has 0 aliphatic carbocycles. The van der Waals surface area contributed by atoms with Crippen molar-refractivity contribution in [3.8, 4) is 0 Å². The van der Waals surface area contributed by atoms with E-state index in [4.69, 9.17) is 26.8 Å². The molecule has 1 aromatic rings. The second-order valence-electron chi connectivity index (χ2n) is 4.43. The molecule has 4 nitrogen and oxygen atoms in total. The van der Waals surface area contributed by atoms with Crippen LogP contribution in [-0.4, -0.2) is 25.8 Å². The Labute approximate surface area is 125 Å². The summed E-state index contributed by atoms with van der Waals surface area (Å²) in [6.45, 7) is 7.07. The van der Waals surface area contributed by atoms with Crippen molar-refractivity contribution in [2.45, 2.75) is 32.7 Å². The van der Waals surface area contributed by atoms with E-state index in [9.17, 15) is 4.79 Å². The number of hydrogen-bond acceptors (Lipinski definition) is 4. The van der Waals surface area contributed by atoms with E-state index in [2.05, 4.69) is 0 Å². The summed E-state index contributed by atoms with van der Waals surface area (Å²) in [4.78, 5) is 11.6. The zero-order valence-electron chi connectivity index (χ0n) is 12.2. The average molecular weight is 300 g/mol. The van der Waals surface area contributed by atoms with Crippen LogP contribution in [0.15, 0.2) is 18.2 Å². The lowest BCUT2D eigenvalue weighted by molar-refractivity contribution is -0.142. The molecule has 0 aromatic heterocycles. The van der Waals surface area contributed by atoms with Gasteiger partial charge in [0.05, 0.1) is 31.8 Å². The molecule has 1 fully saturated rings. The van der Waals surface area contributed by atoms with Crippen molar-refractivity contribution in [1.82, 2.24) is 0 Å². The van der Waals surface area contributed by atoms with Crippen molar-refractivity contribution >= 4 is 17.6 Å². The van der Waals surface area contributed by atoms with Crippen LogP contribution in [0.25, 0.3) is 0 Å². The first-order valence-corrected chi connectivity index (χ1v) is 7.24. The lowest BCUT2D eigenvalue weighted by Gasteiger charge is -2.39. The van der Waals surface area contributed by atoms with Gasteiger partial charge in [0.1, 0.15) is 0 Å². The van der Waals surface area contributed by atoms with E-state index in [0.717, 1.165) is 11.1 Å². The van der Waals surface area contributed by atoms with Gasteiger partial charge in [-0.1, -0.05) is 31.5 Å². The molecule has 1 heterocycles. The van der Waals surface area contributed by atoms with Crippen LogP contribution in [0, 0.1) is 0 Å². The lowest BCUT2D eigenvalue weighted by Crippen LogP contribution is -2.54. The molecule has 1 aliphatic heterocycles. The summed E-state index contributed by atoms with van der Waals surface area (Å²) in [5.74, 6) is -0.273. The van der Waals surface area contributed by atoms with Crippen LogP contribution in [0.3, 0.4) is 0 Å². The van der Waals surface area contributed by atoms with Crippen LogP contribution in [0.2, 0.25) is 5.02 Å². The predicted molar refractivity (Wildman–Crippen MR) is 79.8 cm³/mol. The normalized spacial score (nSPS) is 15.7. The van der Waals surface area contributed by atoms with Gasteiger partial charge in [0.15, 0.2) is 0 Å². The molecule has 0 saturated carbocycles. The van der Waals surface area contributed by atoms with E-state index in [-0.39, 0.29) is 12.4 Å². The number of nitrogens with two attached hydrogens (primary N) is 1. The molecule has 20 heavy (non-hydrogen) atoms. The fourth-order valence-corrected chi connectivity index (χ4v) is 2.23. The van der Waals surface area contributed by atoms with Gasteiger partial charge in [-0.2, -0.15) is 0 Å². The SMILES string of the molecule is CC.CCOC(=O)Cc1cc(Cl)ccc1C1(N)COC1. The van der Waals surface area contributed by atoms with Crippen LogP contribution in [-0.2, 0) is 26.2 Å². The smallest absolute Gasteiger partial charge is 0.310 e. The highest BCUT2D eigenvalue weighted by atomic mass is 35.5. The number of carbonyl (C=O) groups is 1. The van der Waals surface area contributed by atoms with Crippen molar-refractivity contribution in [3.05, 3.63) is 34.3 Å². The van der Waals surface area contributed by atoms with E-state index in [1.807, 2.05) is 19.9 Å². The van der Waals surface area contributed by atoms with Crippen molar-refractivity contribution in [1.29, 1.82) is 0 Å². The summed E-state index contributed by atoms with van der Waals surface area (Å²) in [5, 5.41) is 0.585. The Bertz CT molecular complexity index is 458. The van der Waals surface area contributed by atoms with Gasteiger partial charge in [0, 0.05) is 5.02 Å². The van der Waals surface area contributed by atoms with Crippen LogP contribution >= 0.6 is 11.6 Å². The Kier molecular flexibility index (Phi) is 6.46. The Balaban J connectivity index is 0.000000956. The highest BCUT2D eigenvalue weighted by Gasteiger charge is 2.38. The van der Waals surface area contributed by atoms with E-state index in [0.29, 0.717) is 24.8 Å². The molecule has 0 radical (unpaired) electrons. The molecule has 5 heteroatoms. The summed E-state index contributed by atoms with van der Waals surface area (Å²) >= 11 is 5.96. The third kappa shape index (κ3) is 3.95. The Morgan fingerprint density at radius 2 is 2.10 bits per heavy atom. The van der Waals surface area contributed by atoms with Crippen molar-refractivity contribution in [3.63, 3.8) is 0 Å². The fraction of sp³-hybridized carbons (Fsp3) is 0.533. The average Bonchev–Trinajstić information content (AvgIpc) is 2.39. The quantitative estimate of drug-likeness (QED) is 0.868. The van der Waals surface area contributed by atoms with Crippen LogP contribution in [0.1, 0.15) is 31.9 Å². The maximum absolute atomic E-state index is 11.6. The monoisotopic (exact) mass is 299 g/mol. The topological polar surface area (TPSA) is 61.5 Å². The molecule has 0 bridgehead atoms. The largest absolute Gasteiger partial charge is 0.466 e. The number of benzene rings is 1. The fourth-order valence-electron chi connectivity index (χ4n) is 2.04. The third-order valence-electron chi connectivity index (χ3n) is 2.96. The minimum atomic E-state index is -0.508. The van der Waals surface area contributed by atoms with Crippen LogP contribution in [0.4, 0.5) is 0 Å². The van der Waals surface area contributed by atoms with Gasteiger partial charge in [-0.05, 0) is 30.2 Å². The standard InChI is InChI=1S/C13H16ClNO3.C2H6/c1-2-18-12(16)6-9-5-10(14)3-4-11(9)13(15)7-17-8-13;1-2/h3-5H,2,6-8,15H2,1H3;1-2H3. The number of halogens is 1. The van der Waals surface area contributed by atoms with E-state index in [1.54, 1.807) is 19.1 Å². The van der Waals surface area contributed by atoms with Crippen molar-refractivity contribution in [2.24, 2.45) is 5.73 Å². The maximum atomic E-state index is 11.6. The zero-order chi connectivity index (χ0) is 15.2. The molecule has 1 saturated heterocycles. The molecule has 0 unspecified atom stereocenters. The van der Waals surface area contributed by atoms with Gasteiger partial charge in [-0.15, -0.1) is 0 Å².